The maximum Gasteiger partial charge on any atom is 0.347 e. The summed E-state index contributed by atoms with van der Waals surface area (Å²) in [6, 6.07) is 0. The van der Waals surface area contributed by atoms with Crippen LogP contribution in [0.25, 0.3) is 4.85 Å². The second kappa shape index (κ2) is 13.6. The van der Waals surface area contributed by atoms with E-state index in [2.05, 4.69) is 4.85 Å². The highest BCUT2D eigenvalue weighted by atomic mass is 16.7. The molecule has 8 bridgehead atoms. The van der Waals surface area contributed by atoms with Crippen molar-refractivity contribution in [2.24, 2.45) is 63.6 Å². The molecule has 0 radical (unpaired) electrons. The maximum absolute atomic E-state index is 14.4. The molecule has 0 spiro atoms. The Labute approximate surface area is 303 Å². The van der Waals surface area contributed by atoms with E-state index in [-0.39, 0.29) is 50.7 Å². The third-order valence-electron chi connectivity index (χ3n) is 14.8. The molecule has 3 unspecified atom stereocenters. The minimum atomic E-state index is -1.31. The molecule has 0 amide bonds. The lowest BCUT2D eigenvalue weighted by atomic mass is 9.49. The van der Waals surface area contributed by atoms with Gasteiger partial charge in [-0.1, -0.05) is 6.92 Å². The van der Waals surface area contributed by atoms with Gasteiger partial charge in [-0.25, -0.2) is 11.4 Å². The summed E-state index contributed by atoms with van der Waals surface area (Å²) in [5, 5.41) is 0. The largest absolute Gasteiger partial charge is 0.463 e. The molecule has 8 saturated carbocycles. The number of cyclic esters (lactones) is 1. The van der Waals surface area contributed by atoms with Gasteiger partial charge in [0, 0.05) is 18.3 Å². The van der Waals surface area contributed by atoms with Crippen molar-refractivity contribution in [3.05, 3.63) is 11.4 Å². The Morgan fingerprint density at radius 1 is 0.804 bits per heavy atom. The Kier molecular flexibility index (Phi) is 9.80. The van der Waals surface area contributed by atoms with Crippen molar-refractivity contribution in [1.82, 2.24) is 0 Å². The topological polar surface area (TPSA) is 119 Å². The van der Waals surface area contributed by atoms with Crippen molar-refractivity contribution >= 4 is 23.9 Å². The van der Waals surface area contributed by atoms with Crippen LogP contribution >= 0.6 is 0 Å². The first-order chi connectivity index (χ1) is 24.2. The molecule has 10 nitrogen and oxygen atoms in total. The quantitative estimate of drug-likeness (QED) is 0.0808. The van der Waals surface area contributed by atoms with Crippen LogP contribution in [0.1, 0.15) is 125 Å². The van der Waals surface area contributed by atoms with Crippen molar-refractivity contribution < 1.29 is 42.9 Å². The molecular formula is C41H59NO9. The van der Waals surface area contributed by atoms with Crippen molar-refractivity contribution in [2.75, 3.05) is 19.9 Å². The Bertz CT molecular complexity index is 1380. The zero-order chi connectivity index (χ0) is 36.3. The molecule has 3 atom stereocenters. The molecule has 8 aliphatic carbocycles. The highest BCUT2D eigenvalue weighted by molar-refractivity contribution is 5.85. The van der Waals surface area contributed by atoms with Gasteiger partial charge in [0.15, 0.2) is 12.4 Å². The van der Waals surface area contributed by atoms with E-state index < -0.39 is 51.8 Å². The number of ether oxygens (including phenoxy) is 5. The fourth-order valence-electron chi connectivity index (χ4n) is 12.7. The Morgan fingerprint density at radius 3 is 1.88 bits per heavy atom. The number of nitrogens with zero attached hydrogens (tertiary/aromatic N) is 1. The zero-order valence-corrected chi connectivity index (χ0v) is 31.4. The van der Waals surface area contributed by atoms with Crippen LogP contribution in [0, 0.1) is 70.2 Å². The summed E-state index contributed by atoms with van der Waals surface area (Å²) in [5.74, 6) is 2.17. The van der Waals surface area contributed by atoms with Crippen LogP contribution in [0.3, 0.4) is 0 Å². The van der Waals surface area contributed by atoms with Crippen LogP contribution in [0.15, 0.2) is 0 Å². The first-order valence-corrected chi connectivity index (χ1v) is 19.9. The van der Waals surface area contributed by atoms with Crippen LogP contribution in [-0.2, 0) is 42.9 Å². The average Bonchev–Trinajstić information content (AvgIpc) is 3.47. The average molecular weight is 710 g/mol. The van der Waals surface area contributed by atoms with Gasteiger partial charge < -0.3 is 28.5 Å². The Hall–Kier alpha value is -2.67. The summed E-state index contributed by atoms with van der Waals surface area (Å²) in [7, 11) is 0. The van der Waals surface area contributed by atoms with Gasteiger partial charge in [0.1, 0.15) is 0 Å². The summed E-state index contributed by atoms with van der Waals surface area (Å²) in [4.78, 5) is 58.5. The van der Waals surface area contributed by atoms with Gasteiger partial charge in [0.2, 0.25) is 6.10 Å². The normalized spacial score (nSPS) is 39.8. The highest BCUT2D eigenvalue weighted by Gasteiger charge is 2.63. The van der Waals surface area contributed by atoms with Crippen molar-refractivity contribution in [1.29, 1.82) is 0 Å². The van der Waals surface area contributed by atoms with Gasteiger partial charge in [0.05, 0.1) is 29.0 Å². The van der Waals surface area contributed by atoms with Crippen LogP contribution in [0.4, 0.5) is 0 Å². The predicted octanol–water partition coefficient (Wildman–Crippen LogP) is 7.07. The lowest BCUT2D eigenvalue weighted by Gasteiger charge is -2.58. The number of hydrogen-bond donors (Lipinski definition) is 0. The second-order valence-electron chi connectivity index (χ2n) is 19.1. The van der Waals surface area contributed by atoms with Gasteiger partial charge in [-0.05, 0) is 147 Å². The first-order valence-electron chi connectivity index (χ1n) is 19.9. The van der Waals surface area contributed by atoms with Crippen molar-refractivity contribution in [3.8, 4) is 0 Å². The van der Waals surface area contributed by atoms with E-state index in [0.717, 1.165) is 37.5 Å². The van der Waals surface area contributed by atoms with Crippen LogP contribution in [-0.4, -0.2) is 61.6 Å². The third kappa shape index (κ3) is 6.83. The standard InChI is InChI=1S/C41H59NO9/c1-7-39(4,37(46)50-32-8-9-47-34(32)43)21-40(5,36(45)49-23-48-33-28-12-24-10-25(14-28)15-29(33)13-24)20-38(2,3)35(44)51-41(22-42-6)30-16-26-11-27(18-30)19-31(41)17-26/h24-33H,7-23H2,1-5H3. The second-order valence-corrected chi connectivity index (χ2v) is 19.1. The maximum atomic E-state index is 14.4. The summed E-state index contributed by atoms with van der Waals surface area (Å²) >= 11 is 0. The van der Waals surface area contributed by atoms with E-state index in [1.165, 1.54) is 38.5 Å². The molecular weight excluding hydrogens is 650 g/mol. The molecule has 0 aromatic heterocycles. The first kappa shape index (κ1) is 36.7. The monoisotopic (exact) mass is 709 g/mol. The predicted molar refractivity (Wildman–Crippen MR) is 185 cm³/mol. The van der Waals surface area contributed by atoms with E-state index in [1.807, 2.05) is 6.92 Å². The van der Waals surface area contributed by atoms with E-state index in [0.29, 0.717) is 36.5 Å². The fourth-order valence-corrected chi connectivity index (χ4v) is 12.7. The Balaban J connectivity index is 1.09. The molecule has 282 valence electrons. The summed E-state index contributed by atoms with van der Waals surface area (Å²) in [6.07, 6.45) is 11.1. The minimum absolute atomic E-state index is 0.0342. The lowest BCUT2D eigenvalue weighted by Crippen LogP contribution is -2.62. The molecule has 0 N–H and O–H groups in total. The zero-order valence-electron chi connectivity index (χ0n) is 31.4. The van der Waals surface area contributed by atoms with Crippen LogP contribution < -0.4 is 0 Å². The van der Waals surface area contributed by atoms with Crippen LogP contribution in [0.2, 0.25) is 0 Å². The molecule has 0 aromatic carbocycles. The molecule has 51 heavy (non-hydrogen) atoms. The number of carbonyl (C=O) groups is 4. The number of rotatable bonds is 14. The van der Waals surface area contributed by atoms with Gasteiger partial charge in [0.25, 0.3) is 6.54 Å². The van der Waals surface area contributed by atoms with Crippen molar-refractivity contribution in [2.45, 2.75) is 142 Å². The van der Waals surface area contributed by atoms with E-state index >= 15 is 0 Å². The molecule has 10 heteroatoms. The van der Waals surface area contributed by atoms with Gasteiger partial charge in [-0.2, -0.15) is 0 Å². The van der Waals surface area contributed by atoms with E-state index in [9.17, 15) is 19.2 Å². The Morgan fingerprint density at radius 2 is 1.37 bits per heavy atom. The molecule has 9 aliphatic rings. The van der Waals surface area contributed by atoms with Gasteiger partial charge >= 0.3 is 23.9 Å². The van der Waals surface area contributed by atoms with E-state index in [4.69, 9.17) is 30.3 Å². The summed E-state index contributed by atoms with van der Waals surface area (Å²) in [6.45, 7) is 17.0. The van der Waals surface area contributed by atoms with Crippen LogP contribution in [0.5, 0.6) is 0 Å². The summed E-state index contributed by atoms with van der Waals surface area (Å²) < 4.78 is 29.6. The summed E-state index contributed by atoms with van der Waals surface area (Å²) in [5.41, 5.74) is -4.42. The molecule has 1 heterocycles. The minimum Gasteiger partial charge on any atom is -0.463 e. The highest BCUT2D eigenvalue weighted by Crippen LogP contribution is 2.60. The van der Waals surface area contributed by atoms with Gasteiger partial charge in [-0.15, -0.1) is 0 Å². The smallest absolute Gasteiger partial charge is 0.347 e. The van der Waals surface area contributed by atoms with Gasteiger partial charge in [-0.3, -0.25) is 14.4 Å². The number of hydrogen-bond acceptors (Lipinski definition) is 9. The SMILES string of the molecule is [C-]#[N+]CC1(OC(=O)C(C)(C)CC(C)(CC(C)(CC)C(=O)OC2CCOC2=O)C(=O)OCOC2C3CC4CC(C3)CC2C4)C2CC3CC(C2)CC1C3. The molecule has 9 fully saturated rings. The van der Waals surface area contributed by atoms with Crippen molar-refractivity contribution in [3.63, 3.8) is 0 Å². The lowest BCUT2D eigenvalue weighted by molar-refractivity contribution is -0.214. The molecule has 9 rings (SSSR count). The third-order valence-corrected chi connectivity index (χ3v) is 14.8. The van der Waals surface area contributed by atoms with E-state index in [1.54, 1.807) is 27.7 Å². The molecule has 0 aromatic rings. The number of carbonyl (C=O) groups excluding carboxylic acids is 4. The molecule has 1 aliphatic heterocycles. The number of esters is 4. The fraction of sp³-hybridized carbons (Fsp3) is 0.878. The molecule has 1 saturated heterocycles.